The third kappa shape index (κ3) is 4.40. The van der Waals surface area contributed by atoms with Crippen LogP contribution in [0, 0.1) is 0 Å². The van der Waals surface area contributed by atoms with E-state index in [0.29, 0.717) is 30.1 Å². The van der Waals surface area contributed by atoms with E-state index in [1.54, 1.807) is 0 Å². The van der Waals surface area contributed by atoms with Crippen LogP contribution < -0.4 is 21.7 Å². The first kappa shape index (κ1) is 15.2. The number of amides is 2. The lowest BCUT2D eigenvalue weighted by molar-refractivity contribution is -0.120. The summed E-state index contributed by atoms with van der Waals surface area (Å²) in [5, 5.41) is 8.88. The number of anilines is 2. The van der Waals surface area contributed by atoms with Crippen LogP contribution in [0.1, 0.15) is 30.1 Å². The Kier molecular flexibility index (Phi) is 6.07. The largest absolute Gasteiger partial charge is 0.382 e. The zero-order valence-electron chi connectivity index (χ0n) is 11.1. The SMILES string of the molecule is CCCNC(=O)CCNc1snc(N)c1C(=O)NC. The van der Waals surface area contributed by atoms with Crippen molar-refractivity contribution in [2.24, 2.45) is 0 Å². The van der Waals surface area contributed by atoms with Crippen LogP contribution in [-0.2, 0) is 4.79 Å². The third-order valence-electron chi connectivity index (χ3n) is 2.38. The van der Waals surface area contributed by atoms with Gasteiger partial charge in [-0.2, -0.15) is 4.37 Å². The Labute approximate surface area is 116 Å². The van der Waals surface area contributed by atoms with E-state index in [1.165, 1.54) is 7.05 Å². The molecular weight excluding hydrogens is 266 g/mol. The van der Waals surface area contributed by atoms with Crippen molar-refractivity contribution < 1.29 is 9.59 Å². The van der Waals surface area contributed by atoms with Gasteiger partial charge in [0, 0.05) is 26.6 Å². The minimum atomic E-state index is -0.288. The lowest BCUT2D eigenvalue weighted by Crippen LogP contribution is -2.26. The van der Waals surface area contributed by atoms with Gasteiger partial charge in [0.1, 0.15) is 10.6 Å². The molecule has 7 nitrogen and oxygen atoms in total. The normalized spacial score (nSPS) is 10.0. The predicted molar refractivity (Wildman–Crippen MR) is 76.3 cm³/mol. The van der Waals surface area contributed by atoms with E-state index in [1.807, 2.05) is 6.92 Å². The molecule has 0 saturated carbocycles. The van der Waals surface area contributed by atoms with Gasteiger partial charge in [0.25, 0.3) is 5.91 Å². The van der Waals surface area contributed by atoms with Crippen molar-refractivity contribution in [2.45, 2.75) is 19.8 Å². The fraction of sp³-hybridized carbons (Fsp3) is 0.545. The van der Waals surface area contributed by atoms with Crippen molar-refractivity contribution >= 4 is 34.2 Å². The average molecular weight is 285 g/mol. The fourth-order valence-corrected chi connectivity index (χ4v) is 2.15. The zero-order chi connectivity index (χ0) is 14.3. The van der Waals surface area contributed by atoms with Gasteiger partial charge in [-0.25, -0.2) is 0 Å². The van der Waals surface area contributed by atoms with Crippen LogP contribution in [0.4, 0.5) is 10.8 Å². The van der Waals surface area contributed by atoms with Crippen molar-refractivity contribution in [2.75, 3.05) is 31.2 Å². The minimum absolute atomic E-state index is 0.0201. The molecule has 19 heavy (non-hydrogen) atoms. The topological polar surface area (TPSA) is 109 Å². The van der Waals surface area contributed by atoms with Crippen LogP contribution in [-0.4, -0.2) is 36.3 Å². The molecule has 0 bridgehead atoms. The van der Waals surface area contributed by atoms with Crippen molar-refractivity contribution in [3.63, 3.8) is 0 Å². The van der Waals surface area contributed by atoms with E-state index < -0.39 is 0 Å². The smallest absolute Gasteiger partial charge is 0.257 e. The second-order valence-corrected chi connectivity index (χ2v) is 4.65. The Morgan fingerprint density at radius 3 is 2.74 bits per heavy atom. The molecule has 0 aliphatic carbocycles. The summed E-state index contributed by atoms with van der Waals surface area (Å²) in [6.45, 7) is 3.10. The third-order valence-corrected chi connectivity index (χ3v) is 3.20. The van der Waals surface area contributed by atoms with E-state index in [0.717, 1.165) is 18.0 Å². The van der Waals surface area contributed by atoms with Crippen LogP contribution >= 0.6 is 11.5 Å². The fourth-order valence-electron chi connectivity index (χ4n) is 1.41. The molecule has 0 aliphatic heterocycles. The van der Waals surface area contributed by atoms with Crippen molar-refractivity contribution in [3.05, 3.63) is 5.56 Å². The summed E-state index contributed by atoms with van der Waals surface area (Å²) < 4.78 is 3.93. The molecule has 0 atom stereocenters. The van der Waals surface area contributed by atoms with Crippen LogP contribution in [0.25, 0.3) is 0 Å². The number of nitrogen functional groups attached to an aromatic ring is 1. The quantitative estimate of drug-likeness (QED) is 0.580. The van der Waals surface area contributed by atoms with E-state index in [-0.39, 0.29) is 17.6 Å². The van der Waals surface area contributed by atoms with Gasteiger partial charge in [-0.05, 0) is 18.0 Å². The van der Waals surface area contributed by atoms with Crippen LogP contribution in [0.5, 0.6) is 0 Å². The Hall–Kier alpha value is -1.83. The lowest BCUT2D eigenvalue weighted by Gasteiger charge is -2.06. The number of aromatic nitrogens is 1. The minimum Gasteiger partial charge on any atom is -0.382 e. The molecular formula is C11H19N5O2S. The molecule has 0 radical (unpaired) electrons. The molecule has 0 spiro atoms. The molecule has 2 amide bonds. The first-order valence-corrected chi connectivity index (χ1v) is 6.85. The first-order valence-electron chi connectivity index (χ1n) is 6.07. The lowest BCUT2D eigenvalue weighted by atomic mass is 10.3. The monoisotopic (exact) mass is 285 g/mol. The maximum absolute atomic E-state index is 11.6. The van der Waals surface area contributed by atoms with Crippen molar-refractivity contribution in [3.8, 4) is 0 Å². The molecule has 0 fully saturated rings. The molecule has 1 rings (SSSR count). The van der Waals surface area contributed by atoms with E-state index in [4.69, 9.17) is 5.73 Å². The van der Waals surface area contributed by atoms with Crippen LogP contribution in [0.3, 0.4) is 0 Å². The molecule has 0 saturated heterocycles. The Morgan fingerprint density at radius 2 is 2.11 bits per heavy atom. The number of nitrogens with zero attached hydrogens (tertiary/aromatic N) is 1. The molecule has 1 aromatic rings. The second-order valence-electron chi connectivity index (χ2n) is 3.88. The number of hydrogen-bond acceptors (Lipinski definition) is 6. The maximum Gasteiger partial charge on any atom is 0.257 e. The van der Waals surface area contributed by atoms with E-state index in [9.17, 15) is 9.59 Å². The van der Waals surface area contributed by atoms with Gasteiger partial charge in [-0.15, -0.1) is 0 Å². The molecule has 0 aliphatic rings. The highest BCUT2D eigenvalue weighted by atomic mass is 32.1. The predicted octanol–water partition coefficient (Wildman–Crippen LogP) is 0.413. The number of nitrogens with one attached hydrogen (secondary N) is 3. The number of carbonyl (C=O) groups is 2. The molecule has 0 unspecified atom stereocenters. The number of nitrogens with two attached hydrogens (primary N) is 1. The van der Waals surface area contributed by atoms with Gasteiger partial charge < -0.3 is 21.7 Å². The molecule has 106 valence electrons. The van der Waals surface area contributed by atoms with Crippen molar-refractivity contribution in [1.82, 2.24) is 15.0 Å². The highest BCUT2D eigenvalue weighted by Gasteiger charge is 2.17. The Bertz CT molecular complexity index is 446. The second kappa shape index (κ2) is 7.57. The van der Waals surface area contributed by atoms with Gasteiger partial charge in [-0.1, -0.05) is 6.92 Å². The molecule has 0 aromatic carbocycles. The van der Waals surface area contributed by atoms with E-state index in [2.05, 4.69) is 20.3 Å². The molecule has 5 N–H and O–H groups in total. The number of rotatable bonds is 7. The maximum atomic E-state index is 11.6. The first-order chi connectivity index (χ1) is 9.10. The Balaban J connectivity index is 2.50. The molecule has 8 heteroatoms. The summed E-state index contributed by atoms with van der Waals surface area (Å²) in [7, 11) is 1.53. The molecule has 1 aromatic heterocycles. The standard InChI is InChI=1S/C11H19N5O2S/c1-3-5-14-7(17)4-6-15-11-8(10(18)13-2)9(12)16-19-11/h15H,3-6H2,1-2H3,(H2,12,16)(H,13,18)(H,14,17). The zero-order valence-corrected chi connectivity index (χ0v) is 11.9. The summed E-state index contributed by atoms with van der Waals surface area (Å²) >= 11 is 1.11. The Morgan fingerprint density at radius 1 is 1.37 bits per heavy atom. The summed E-state index contributed by atoms with van der Waals surface area (Å²) in [6, 6.07) is 0. The van der Waals surface area contributed by atoms with Gasteiger partial charge >= 0.3 is 0 Å². The molecule has 1 heterocycles. The van der Waals surface area contributed by atoms with Crippen LogP contribution in [0.2, 0.25) is 0 Å². The number of hydrogen-bond donors (Lipinski definition) is 4. The highest BCUT2D eigenvalue weighted by Crippen LogP contribution is 2.26. The van der Waals surface area contributed by atoms with E-state index >= 15 is 0 Å². The summed E-state index contributed by atoms with van der Waals surface area (Å²) in [5.74, 6) is -0.111. The number of carbonyl (C=O) groups excluding carboxylic acids is 2. The van der Waals surface area contributed by atoms with Gasteiger partial charge in [-0.3, -0.25) is 9.59 Å². The van der Waals surface area contributed by atoms with Gasteiger partial charge in [0.2, 0.25) is 5.91 Å². The van der Waals surface area contributed by atoms with Gasteiger partial charge in [0.15, 0.2) is 5.82 Å². The highest BCUT2D eigenvalue weighted by molar-refractivity contribution is 7.11. The van der Waals surface area contributed by atoms with Crippen LogP contribution in [0.15, 0.2) is 0 Å². The van der Waals surface area contributed by atoms with Crippen molar-refractivity contribution in [1.29, 1.82) is 0 Å². The summed E-state index contributed by atoms with van der Waals surface area (Å²) in [4.78, 5) is 23.0. The summed E-state index contributed by atoms with van der Waals surface area (Å²) in [6.07, 6.45) is 1.25. The summed E-state index contributed by atoms with van der Waals surface area (Å²) in [5.41, 5.74) is 5.97. The van der Waals surface area contributed by atoms with Gasteiger partial charge in [0.05, 0.1) is 0 Å². The average Bonchev–Trinajstić information content (AvgIpc) is 2.77.